The van der Waals surface area contributed by atoms with Crippen LogP contribution in [0.4, 0.5) is 10.5 Å². The maximum atomic E-state index is 12.1. The van der Waals surface area contributed by atoms with Crippen molar-refractivity contribution in [1.29, 1.82) is 0 Å². The number of hydrazone groups is 1. The fourth-order valence-corrected chi connectivity index (χ4v) is 5.10. The van der Waals surface area contributed by atoms with Crippen LogP contribution >= 0.6 is 47.8 Å². The van der Waals surface area contributed by atoms with E-state index < -0.39 is 6.03 Å². The van der Waals surface area contributed by atoms with Gasteiger partial charge in [-0.15, -0.1) is 0 Å². The minimum absolute atomic E-state index is 0.425. The summed E-state index contributed by atoms with van der Waals surface area (Å²) in [5.41, 5.74) is 6.09. The number of urea groups is 1. The van der Waals surface area contributed by atoms with Gasteiger partial charge in [-0.3, -0.25) is 0 Å². The summed E-state index contributed by atoms with van der Waals surface area (Å²) in [5.74, 6) is 0.696. The number of nitrogens with zero attached hydrogens (tertiary/aromatic N) is 1. The molecule has 4 rings (SSSR count). The normalized spacial score (nSPS) is 11.1. The fourth-order valence-electron chi connectivity index (χ4n) is 3.41. The largest absolute Gasteiger partial charge is 0.487 e. The zero-order valence-corrected chi connectivity index (χ0v) is 22.9. The van der Waals surface area contributed by atoms with E-state index in [2.05, 4.69) is 87.9 Å². The molecule has 0 aliphatic carbocycles. The Balaban J connectivity index is 1.39. The topological polar surface area (TPSA) is 62.7 Å². The van der Waals surface area contributed by atoms with Crippen LogP contribution in [-0.2, 0) is 6.61 Å². The third-order valence-electron chi connectivity index (χ3n) is 5.07. The second-order valence-corrected chi connectivity index (χ2v) is 10.1. The Labute approximate surface area is 223 Å². The van der Waals surface area contributed by atoms with E-state index in [0.717, 1.165) is 30.1 Å². The van der Waals surface area contributed by atoms with Crippen molar-refractivity contribution in [3.05, 3.63) is 103 Å². The van der Waals surface area contributed by atoms with E-state index in [1.165, 1.54) is 10.8 Å². The van der Waals surface area contributed by atoms with Crippen LogP contribution in [0.3, 0.4) is 0 Å². The molecule has 4 aromatic carbocycles. The van der Waals surface area contributed by atoms with E-state index in [4.69, 9.17) is 4.74 Å². The SMILES string of the molecule is Cc1cc(NC(=O)N/N=C/c2cc(Br)c(OCc3cccc4ccccc34)c(Br)c2)ccc1Br. The zero-order chi connectivity index (χ0) is 24.1. The van der Waals surface area contributed by atoms with Gasteiger partial charge >= 0.3 is 6.03 Å². The lowest BCUT2D eigenvalue weighted by Gasteiger charge is -2.13. The molecule has 4 aromatic rings. The first-order valence-electron chi connectivity index (χ1n) is 10.4. The molecule has 2 N–H and O–H groups in total. The molecule has 0 unspecified atom stereocenters. The van der Waals surface area contributed by atoms with E-state index in [0.29, 0.717) is 18.0 Å². The van der Waals surface area contributed by atoms with Gasteiger partial charge in [0.05, 0.1) is 15.2 Å². The van der Waals surface area contributed by atoms with Gasteiger partial charge in [-0.2, -0.15) is 5.10 Å². The van der Waals surface area contributed by atoms with Crippen molar-refractivity contribution in [3.8, 4) is 5.75 Å². The number of amides is 2. The van der Waals surface area contributed by atoms with Gasteiger partial charge in [0.25, 0.3) is 0 Å². The van der Waals surface area contributed by atoms with Crippen LogP contribution in [0.25, 0.3) is 10.8 Å². The van der Waals surface area contributed by atoms with Crippen LogP contribution in [0, 0.1) is 6.92 Å². The summed E-state index contributed by atoms with van der Waals surface area (Å²) >= 11 is 10.6. The van der Waals surface area contributed by atoms with Crippen molar-refractivity contribution in [3.63, 3.8) is 0 Å². The molecule has 5 nitrogen and oxygen atoms in total. The van der Waals surface area contributed by atoms with E-state index in [-0.39, 0.29) is 0 Å². The molecule has 0 fully saturated rings. The highest BCUT2D eigenvalue weighted by molar-refractivity contribution is 9.11. The molecule has 34 heavy (non-hydrogen) atoms. The lowest BCUT2D eigenvalue weighted by molar-refractivity contribution is 0.252. The molecule has 2 amide bonds. The minimum atomic E-state index is -0.425. The van der Waals surface area contributed by atoms with Crippen LogP contribution in [0.5, 0.6) is 5.75 Å². The Morgan fingerprint density at radius 3 is 2.44 bits per heavy atom. The Bertz CT molecular complexity index is 1360. The second-order valence-electron chi connectivity index (χ2n) is 7.53. The maximum Gasteiger partial charge on any atom is 0.339 e. The molecular formula is C26H20Br3N3O2. The molecule has 0 bridgehead atoms. The lowest BCUT2D eigenvalue weighted by Crippen LogP contribution is -2.24. The summed E-state index contributed by atoms with van der Waals surface area (Å²) in [6.45, 7) is 2.39. The molecule has 0 atom stereocenters. The van der Waals surface area contributed by atoms with Gasteiger partial charge in [-0.05, 0) is 96.6 Å². The summed E-state index contributed by atoms with van der Waals surface area (Å²) in [5, 5.41) is 9.14. The summed E-state index contributed by atoms with van der Waals surface area (Å²) in [4.78, 5) is 12.1. The number of benzene rings is 4. The van der Waals surface area contributed by atoms with E-state index in [9.17, 15) is 4.79 Å². The number of carbonyl (C=O) groups excluding carboxylic acids is 1. The average molecular weight is 646 g/mol. The number of nitrogens with one attached hydrogen (secondary N) is 2. The molecule has 0 aliphatic rings. The minimum Gasteiger partial charge on any atom is -0.487 e. The smallest absolute Gasteiger partial charge is 0.339 e. The van der Waals surface area contributed by atoms with Crippen LogP contribution in [0.1, 0.15) is 16.7 Å². The van der Waals surface area contributed by atoms with Gasteiger partial charge in [-0.25, -0.2) is 10.2 Å². The highest BCUT2D eigenvalue weighted by Gasteiger charge is 2.10. The van der Waals surface area contributed by atoms with Gasteiger partial charge in [0.15, 0.2) is 0 Å². The number of carbonyl (C=O) groups is 1. The monoisotopic (exact) mass is 643 g/mol. The first kappa shape index (κ1) is 24.4. The second kappa shape index (κ2) is 11.2. The van der Waals surface area contributed by atoms with Crippen molar-refractivity contribution < 1.29 is 9.53 Å². The summed E-state index contributed by atoms with van der Waals surface area (Å²) < 4.78 is 8.66. The predicted octanol–water partition coefficient (Wildman–Crippen LogP) is 8.17. The van der Waals surface area contributed by atoms with Gasteiger partial charge in [-0.1, -0.05) is 58.4 Å². The Morgan fingerprint density at radius 2 is 1.68 bits per heavy atom. The number of rotatable bonds is 6. The Kier molecular flexibility index (Phi) is 8.03. The molecule has 0 spiro atoms. The van der Waals surface area contributed by atoms with Crippen LogP contribution < -0.4 is 15.5 Å². The first-order valence-corrected chi connectivity index (χ1v) is 12.7. The van der Waals surface area contributed by atoms with Crippen LogP contribution in [0.15, 0.2) is 91.3 Å². The van der Waals surface area contributed by atoms with Gasteiger partial charge in [0.1, 0.15) is 12.4 Å². The number of ether oxygens (including phenoxy) is 1. The molecule has 0 saturated carbocycles. The number of aryl methyl sites for hydroxylation is 1. The molecule has 0 aliphatic heterocycles. The molecule has 0 radical (unpaired) electrons. The van der Waals surface area contributed by atoms with Gasteiger partial charge in [0.2, 0.25) is 0 Å². The molecular weight excluding hydrogens is 626 g/mol. The van der Waals surface area contributed by atoms with E-state index in [1.54, 1.807) is 6.21 Å². The van der Waals surface area contributed by atoms with Crippen LogP contribution in [-0.4, -0.2) is 12.2 Å². The van der Waals surface area contributed by atoms with Crippen molar-refractivity contribution in [2.45, 2.75) is 13.5 Å². The van der Waals surface area contributed by atoms with E-state index >= 15 is 0 Å². The third-order valence-corrected chi connectivity index (χ3v) is 7.14. The molecule has 172 valence electrons. The predicted molar refractivity (Wildman–Crippen MR) is 149 cm³/mol. The molecule has 8 heteroatoms. The number of hydrogen-bond donors (Lipinski definition) is 2. The number of fused-ring (bicyclic) bond motifs is 1. The molecule has 0 saturated heterocycles. The lowest BCUT2D eigenvalue weighted by atomic mass is 10.1. The van der Waals surface area contributed by atoms with Gasteiger partial charge in [0, 0.05) is 10.2 Å². The van der Waals surface area contributed by atoms with Crippen molar-refractivity contribution >= 4 is 76.5 Å². The average Bonchev–Trinajstić information content (AvgIpc) is 2.81. The number of hydrogen-bond acceptors (Lipinski definition) is 3. The number of anilines is 1. The quantitative estimate of drug-likeness (QED) is 0.164. The van der Waals surface area contributed by atoms with Crippen LogP contribution in [0.2, 0.25) is 0 Å². The fraction of sp³-hybridized carbons (Fsp3) is 0.0769. The summed E-state index contributed by atoms with van der Waals surface area (Å²) in [7, 11) is 0. The van der Waals surface area contributed by atoms with Gasteiger partial charge < -0.3 is 10.1 Å². The number of halogens is 3. The van der Waals surface area contributed by atoms with Crippen molar-refractivity contribution in [2.75, 3.05) is 5.32 Å². The van der Waals surface area contributed by atoms with E-state index in [1.807, 2.05) is 55.5 Å². The highest BCUT2D eigenvalue weighted by atomic mass is 79.9. The molecule has 0 aromatic heterocycles. The Hall–Kier alpha value is -2.68. The van der Waals surface area contributed by atoms with Crippen molar-refractivity contribution in [1.82, 2.24) is 5.43 Å². The molecule has 0 heterocycles. The maximum absolute atomic E-state index is 12.1. The third kappa shape index (κ3) is 6.05. The Morgan fingerprint density at radius 1 is 0.941 bits per heavy atom. The summed E-state index contributed by atoms with van der Waals surface area (Å²) in [6, 6.07) is 23.3. The zero-order valence-electron chi connectivity index (χ0n) is 18.1. The summed E-state index contributed by atoms with van der Waals surface area (Å²) in [6.07, 6.45) is 1.57. The van der Waals surface area contributed by atoms with Crippen molar-refractivity contribution in [2.24, 2.45) is 5.10 Å². The standard InChI is InChI=1S/C26H20Br3N3O2/c1-16-11-20(9-10-22(16)27)31-26(33)32-30-14-17-12-23(28)25(24(29)13-17)34-15-19-7-4-6-18-5-2-3-8-21(18)19/h2-14H,15H2,1H3,(H2,31,32,33)/b30-14+. The first-order chi connectivity index (χ1) is 16.4. The highest BCUT2D eigenvalue weighted by Crippen LogP contribution is 2.35.